The first-order chi connectivity index (χ1) is 8.20. The van der Waals surface area contributed by atoms with E-state index in [0.717, 1.165) is 12.8 Å². The molecular formula is C14H19NO2. The van der Waals surface area contributed by atoms with Gasteiger partial charge >= 0.3 is 5.97 Å². The van der Waals surface area contributed by atoms with E-state index in [0.29, 0.717) is 6.61 Å². The average Bonchev–Trinajstić information content (AvgIpc) is 2.73. The first kappa shape index (κ1) is 12.1. The van der Waals surface area contributed by atoms with E-state index < -0.39 is 0 Å². The zero-order valence-electron chi connectivity index (χ0n) is 10.4. The lowest BCUT2D eigenvalue weighted by atomic mass is 10.0. The van der Waals surface area contributed by atoms with Gasteiger partial charge in [-0.1, -0.05) is 36.8 Å². The lowest BCUT2D eigenvalue weighted by Gasteiger charge is -2.20. The summed E-state index contributed by atoms with van der Waals surface area (Å²) >= 11 is 0. The molecule has 92 valence electrons. The van der Waals surface area contributed by atoms with Crippen molar-refractivity contribution in [2.24, 2.45) is 0 Å². The van der Waals surface area contributed by atoms with Crippen molar-refractivity contribution in [3.8, 4) is 0 Å². The molecule has 1 aromatic rings. The second kappa shape index (κ2) is 5.32. The Morgan fingerprint density at radius 1 is 1.41 bits per heavy atom. The molecular weight excluding hydrogens is 214 g/mol. The van der Waals surface area contributed by atoms with E-state index in [9.17, 15) is 4.79 Å². The maximum atomic E-state index is 11.4. The van der Waals surface area contributed by atoms with Crippen molar-refractivity contribution < 1.29 is 9.53 Å². The SMILES string of the molecule is CCC(NC1CCOC1=O)c1ccc(C)cc1. The van der Waals surface area contributed by atoms with Crippen LogP contribution in [0.5, 0.6) is 0 Å². The van der Waals surface area contributed by atoms with Gasteiger partial charge in [0.1, 0.15) is 6.04 Å². The molecule has 2 atom stereocenters. The van der Waals surface area contributed by atoms with Crippen LogP contribution in [0.1, 0.15) is 36.9 Å². The minimum absolute atomic E-state index is 0.115. The second-order valence-corrected chi connectivity index (χ2v) is 4.55. The maximum absolute atomic E-state index is 11.4. The first-order valence-corrected chi connectivity index (χ1v) is 6.20. The minimum Gasteiger partial charge on any atom is -0.464 e. The smallest absolute Gasteiger partial charge is 0.323 e. The van der Waals surface area contributed by atoms with E-state index in [1.807, 2.05) is 0 Å². The normalized spacial score (nSPS) is 21.3. The summed E-state index contributed by atoms with van der Waals surface area (Å²) < 4.78 is 4.96. The van der Waals surface area contributed by atoms with Gasteiger partial charge in [-0.05, 0) is 18.9 Å². The minimum atomic E-state index is -0.138. The molecule has 0 bridgehead atoms. The summed E-state index contributed by atoms with van der Waals surface area (Å²) in [7, 11) is 0. The van der Waals surface area contributed by atoms with E-state index >= 15 is 0 Å². The predicted molar refractivity (Wildman–Crippen MR) is 66.7 cm³/mol. The van der Waals surface area contributed by atoms with Crippen LogP contribution in [0.25, 0.3) is 0 Å². The van der Waals surface area contributed by atoms with Gasteiger partial charge in [0.25, 0.3) is 0 Å². The quantitative estimate of drug-likeness (QED) is 0.811. The van der Waals surface area contributed by atoms with Crippen molar-refractivity contribution in [2.75, 3.05) is 6.61 Å². The summed E-state index contributed by atoms with van der Waals surface area (Å²) in [6.45, 7) is 4.74. The fraction of sp³-hybridized carbons (Fsp3) is 0.500. The zero-order chi connectivity index (χ0) is 12.3. The zero-order valence-corrected chi connectivity index (χ0v) is 10.4. The van der Waals surface area contributed by atoms with Crippen LogP contribution < -0.4 is 5.32 Å². The number of ether oxygens (including phenoxy) is 1. The van der Waals surface area contributed by atoms with Crippen LogP contribution in [0.15, 0.2) is 24.3 Å². The molecule has 1 heterocycles. The third kappa shape index (κ3) is 2.86. The fourth-order valence-electron chi connectivity index (χ4n) is 2.14. The molecule has 0 spiro atoms. The highest BCUT2D eigenvalue weighted by Gasteiger charge is 2.28. The molecule has 17 heavy (non-hydrogen) atoms. The Bertz CT molecular complexity index is 386. The molecule has 0 saturated carbocycles. The van der Waals surface area contributed by atoms with E-state index in [1.165, 1.54) is 11.1 Å². The molecule has 1 saturated heterocycles. The molecule has 2 unspecified atom stereocenters. The molecule has 1 fully saturated rings. The predicted octanol–water partition coefficient (Wildman–Crippen LogP) is 2.35. The number of esters is 1. The summed E-state index contributed by atoms with van der Waals surface area (Å²) in [5, 5.41) is 3.38. The lowest BCUT2D eigenvalue weighted by molar-refractivity contribution is -0.139. The highest BCUT2D eigenvalue weighted by Crippen LogP contribution is 2.20. The number of rotatable bonds is 4. The summed E-state index contributed by atoms with van der Waals surface area (Å²) in [5.41, 5.74) is 2.49. The van der Waals surface area contributed by atoms with Gasteiger partial charge in [0.05, 0.1) is 6.61 Å². The van der Waals surface area contributed by atoms with Gasteiger partial charge in [0.2, 0.25) is 0 Å². The number of hydrogen-bond donors (Lipinski definition) is 1. The standard InChI is InChI=1S/C14H19NO2/c1-3-12(11-6-4-10(2)5-7-11)15-13-8-9-17-14(13)16/h4-7,12-13,15H,3,8-9H2,1-2H3. The first-order valence-electron chi connectivity index (χ1n) is 6.20. The van der Waals surface area contributed by atoms with Gasteiger partial charge in [-0.2, -0.15) is 0 Å². The second-order valence-electron chi connectivity index (χ2n) is 4.55. The number of benzene rings is 1. The topological polar surface area (TPSA) is 38.3 Å². The fourth-order valence-corrected chi connectivity index (χ4v) is 2.14. The number of nitrogens with one attached hydrogen (secondary N) is 1. The number of carbonyl (C=O) groups excluding carboxylic acids is 1. The number of hydrogen-bond acceptors (Lipinski definition) is 3. The van der Waals surface area contributed by atoms with Gasteiger partial charge in [0, 0.05) is 12.5 Å². The van der Waals surface area contributed by atoms with Gasteiger partial charge < -0.3 is 4.74 Å². The van der Waals surface area contributed by atoms with Crippen molar-refractivity contribution in [1.82, 2.24) is 5.32 Å². The van der Waals surface area contributed by atoms with Gasteiger partial charge in [-0.25, -0.2) is 0 Å². The Morgan fingerprint density at radius 2 is 2.12 bits per heavy atom. The largest absolute Gasteiger partial charge is 0.464 e. The average molecular weight is 233 g/mol. The van der Waals surface area contributed by atoms with E-state index in [1.54, 1.807) is 0 Å². The molecule has 1 aromatic carbocycles. The van der Waals surface area contributed by atoms with Crippen LogP contribution in [0.3, 0.4) is 0 Å². The monoisotopic (exact) mass is 233 g/mol. The van der Waals surface area contributed by atoms with E-state index in [4.69, 9.17) is 4.74 Å². The Morgan fingerprint density at radius 3 is 2.65 bits per heavy atom. The van der Waals surface area contributed by atoms with Crippen LogP contribution in [-0.4, -0.2) is 18.6 Å². The van der Waals surface area contributed by atoms with Crippen LogP contribution in [-0.2, 0) is 9.53 Å². The van der Waals surface area contributed by atoms with Crippen LogP contribution in [0.2, 0.25) is 0 Å². The summed E-state index contributed by atoms with van der Waals surface area (Å²) in [5.74, 6) is -0.115. The molecule has 0 radical (unpaired) electrons. The molecule has 0 aliphatic carbocycles. The van der Waals surface area contributed by atoms with Crippen LogP contribution in [0.4, 0.5) is 0 Å². The number of aryl methyl sites for hydroxylation is 1. The molecule has 1 aliphatic rings. The van der Waals surface area contributed by atoms with E-state index in [-0.39, 0.29) is 18.1 Å². The molecule has 0 amide bonds. The highest BCUT2D eigenvalue weighted by molar-refractivity contribution is 5.77. The van der Waals surface area contributed by atoms with Crippen LogP contribution >= 0.6 is 0 Å². The molecule has 1 aliphatic heterocycles. The molecule has 1 N–H and O–H groups in total. The van der Waals surface area contributed by atoms with Crippen molar-refractivity contribution in [1.29, 1.82) is 0 Å². The van der Waals surface area contributed by atoms with Crippen LogP contribution in [0, 0.1) is 6.92 Å². The van der Waals surface area contributed by atoms with E-state index in [2.05, 4.69) is 43.4 Å². The molecule has 3 heteroatoms. The van der Waals surface area contributed by atoms with Crippen molar-refractivity contribution >= 4 is 5.97 Å². The Hall–Kier alpha value is -1.35. The highest BCUT2D eigenvalue weighted by atomic mass is 16.5. The Labute approximate surface area is 102 Å². The number of carbonyl (C=O) groups is 1. The van der Waals surface area contributed by atoms with Gasteiger partial charge in [-0.3, -0.25) is 10.1 Å². The Balaban J connectivity index is 2.05. The van der Waals surface area contributed by atoms with Crippen molar-refractivity contribution in [2.45, 2.75) is 38.8 Å². The lowest BCUT2D eigenvalue weighted by Crippen LogP contribution is -2.36. The number of cyclic esters (lactones) is 1. The molecule has 3 nitrogen and oxygen atoms in total. The molecule has 0 aromatic heterocycles. The summed E-state index contributed by atoms with van der Waals surface area (Å²) in [4.78, 5) is 11.4. The summed E-state index contributed by atoms with van der Waals surface area (Å²) in [6, 6.07) is 8.54. The van der Waals surface area contributed by atoms with Crippen molar-refractivity contribution in [3.63, 3.8) is 0 Å². The maximum Gasteiger partial charge on any atom is 0.323 e. The van der Waals surface area contributed by atoms with Crippen molar-refractivity contribution in [3.05, 3.63) is 35.4 Å². The van der Waals surface area contributed by atoms with Gasteiger partial charge in [-0.15, -0.1) is 0 Å². The Kier molecular flexibility index (Phi) is 3.79. The van der Waals surface area contributed by atoms with Gasteiger partial charge in [0.15, 0.2) is 0 Å². The summed E-state index contributed by atoms with van der Waals surface area (Å²) in [6.07, 6.45) is 1.74. The third-order valence-electron chi connectivity index (χ3n) is 3.23. The third-order valence-corrected chi connectivity index (χ3v) is 3.23. The molecule has 2 rings (SSSR count).